The Kier molecular flexibility index (Phi) is 4.86. The van der Waals surface area contributed by atoms with Gasteiger partial charge in [-0.05, 0) is 35.2 Å². The fourth-order valence-electron chi connectivity index (χ4n) is 2.40. The maximum Gasteiger partial charge on any atom is 0.255 e. The zero-order chi connectivity index (χ0) is 16.1. The molecule has 3 nitrogen and oxygen atoms in total. The lowest BCUT2D eigenvalue weighted by molar-refractivity contribution is 0.102. The number of para-hydroxylation sites is 1. The summed E-state index contributed by atoms with van der Waals surface area (Å²) in [5, 5.41) is 5.04. The average Bonchev–Trinajstić information content (AvgIpc) is 3.10. The standard InChI is InChI=1S/C19H17NO2S/c1-22-13-14-6-4-7-15(12-14)19(21)20-17-9-3-2-8-16(17)18-10-5-11-23-18/h2-12H,13H2,1H3,(H,20,21). The van der Waals surface area contributed by atoms with Gasteiger partial charge in [0, 0.05) is 28.8 Å². The molecule has 0 saturated heterocycles. The minimum absolute atomic E-state index is 0.119. The monoisotopic (exact) mass is 323 g/mol. The molecule has 0 saturated carbocycles. The molecule has 0 spiro atoms. The molecule has 0 radical (unpaired) electrons. The van der Waals surface area contributed by atoms with Crippen molar-refractivity contribution in [2.75, 3.05) is 12.4 Å². The first kappa shape index (κ1) is 15.5. The zero-order valence-corrected chi connectivity index (χ0v) is 13.6. The summed E-state index contributed by atoms with van der Waals surface area (Å²) in [6.45, 7) is 0.493. The van der Waals surface area contributed by atoms with E-state index < -0.39 is 0 Å². The molecule has 2 aromatic carbocycles. The number of hydrogen-bond donors (Lipinski definition) is 1. The van der Waals surface area contributed by atoms with Crippen LogP contribution in [0.2, 0.25) is 0 Å². The number of nitrogens with one attached hydrogen (secondary N) is 1. The van der Waals surface area contributed by atoms with Gasteiger partial charge in [0.15, 0.2) is 0 Å². The number of rotatable bonds is 5. The lowest BCUT2D eigenvalue weighted by atomic mass is 10.1. The number of thiophene rings is 1. The molecule has 1 amide bonds. The van der Waals surface area contributed by atoms with Crippen molar-refractivity contribution in [1.82, 2.24) is 0 Å². The second-order valence-corrected chi connectivity index (χ2v) is 6.06. The van der Waals surface area contributed by atoms with Gasteiger partial charge in [0.05, 0.1) is 6.61 Å². The van der Waals surface area contributed by atoms with E-state index in [1.165, 1.54) is 0 Å². The van der Waals surface area contributed by atoms with Crippen molar-refractivity contribution < 1.29 is 9.53 Å². The fourth-order valence-corrected chi connectivity index (χ4v) is 3.17. The van der Waals surface area contributed by atoms with Gasteiger partial charge in [-0.15, -0.1) is 11.3 Å². The summed E-state index contributed by atoms with van der Waals surface area (Å²) >= 11 is 1.65. The van der Waals surface area contributed by atoms with E-state index in [0.717, 1.165) is 21.7 Å². The van der Waals surface area contributed by atoms with Crippen LogP contribution in [0.1, 0.15) is 15.9 Å². The summed E-state index contributed by atoms with van der Waals surface area (Å²) in [6.07, 6.45) is 0. The number of hydrogen-bond acceptors (Lipinski definition) is 3. The highest BCUT2D eigenvalue weighted by atomic mass is 32.1. The van der Waals surface area contributed by atoms with Crippen LogP contribution in [0.5, 0.6) is 0 Å². The van der Waals surface area contributed by atoms with Crippen molar-refractivity contribution in [3.63, 3.8) is 0 Å². The molecule has 1 aromatic heterocycles. The van der Waals surface area contributed by atoms with Crippen molar-refractivity contribution in [3.8, 4) is 10.4 Å². The highest BCUT2D eigenvalue weighted by molar-refractivity contribution is 7.13. The van der Waals surface area contributed by atoms with Gasteiger partial charge in [0.2, 0.25) is 0 Å². The highest BCUT2D eigenvalue weighted by Gasteiger charge is 2.11. The number of anilines is 1. The number of carbonyl (C=O) groups excluding carboxylic acids is 1. The lowest BCUT2D eigenvalue weighted by Crippen LogP contribution is -2.12. The molecule has 23 heavy (non-hydrogen) atoms. The molecule has 0 aliphatic heterocycles. The molecule has 1 N–H and O–H groups in total. The van der Waals surface area contributed by atoms with Gasteiger partial charge in [-0.2, -0.15) is 0 Å². The largest absolute Gasteiger partial charge is 0.380 e. The second kappa shape index (κ2) is 7.22. The van der Waals surface area contributed by atoms with E-state index in [4.69, 9.17) is 4.74 Å². The molecule has 0 unspecified atom stereocenters. The van der Waals surface area contributed by atoms with Gasteiger partial charge >= 0.3 is 0 Å². The van der Waals surface area contributed by atoms with Gasteiger partial charge in [0.1, 0.15) is 0 Å². The summed E-state index contributed by atoms with van der Waals surface area (Å²) in [6, 6.07) is 19.4. The normalized spacial score (nSPS) is 10.5. The van der Waals surface area contributed by atoms with Crippen molar-refractivity contribution in [2.45, 2.75) is 6.61 Å². The lowest BCUT2D eigenvalue weighted by Gasteiger charge is -2.10. The molecule has 0 aliphatic carbocycles. The van der Waals surface area contributed by atoms with E-state index >= 15 is 0 Å². The minimum Gasteiger partial charge on any atom is -0.380 e. The Labute approximate surface area is 139 Å². The fraction of sp³-hybridized carbons (Fsp3) is 0.105. The summed E-state index contributed by atoms with van der Waals surface area (Å²) in [5.41, 5.74) is 3.45. The Morgan fingerprint density at radius 1 is 1.09 bits per heavy atom. The van der Waals surface area contributed by atoms with Gasteiger partial charge in [-0.3, -0.25) is 4.79 Å². The third-order valence-corrected chi connectivity index (χ3v) is 4.37. The SMILES string of the molecule is COCc1cccc(C(=O)Nc2ccccc2-c2cccs2)c1. The van der Waals surface area contributed by atoms with Crippen LogP contribution < -0.4 is 5.32 Å². The molecule has 0 bridgehead atoms. The minimum atomic E-state index is -0.119. The predicted molar refractivity (Wildman–Crippen MR) is 94.9 cm³/mol. The Balaban J connectivity index is 1.85. The third kappa shape index (κ3) is 3.67. The smallest absolute Gasteiger partial charge is 0.255 e. The Morgan fingerprint density at radius 2 is 1.96 bits per heavy atom. The average molecular weight is 323 g/mol. The van der Waals surface area contributed by atoms with Crippen molar-refractivity contribution >= 4 is 22.9 Å². The van der Waals surface area contributed by atoms with E-state index in [2.05, 4.69) is 11.4 Å². The first-order chi connectivity index (χ1) is 11.3. The maximum atomic E-state index is 12.5. The van der Waals surface area contributed by atoms with Crippen LogP contribution in [0, 0.1) is 0 Å². The van der Waals surface area contributed by atoms with Crippen LogP contribution in [-0.4, -0.2) is 13.0 Å². The maximum absolute atomic E-state index is 12.5. The molecule has 3 rings (SSSR count). The molecular weight excluding hydrogens is 306 g/mol. The second-order valence-electron chi connectivity index (χ2n) is 5.11. The molecule has 0 fully saturated rings. The van der Waals surface area contributed by atoms with E-state index in [1.54, 1.807) is 18.4 Å². The van der Waals surface area contributed by atoms with E-state index in [-0.39, 0.29) is 5.91 Å². The Hall–Kier alpha value is -2.43. The van der Waals surface area contributed by atoms with Gasteiger partial charge in [-0.25, -0.2) is 0 Å². The topological polar surface area (TPSA) is 38.3 Å². The van der Waals surface area contributed by atoms with Gasteiger partial charge in [0.25, 0.3) is 5.91 Å². The quantitative estimate of drug-likeness (QED) is 0.731. The molecule has 116 valence electrons. The molecule has 1 heterocycles. The third-order valence-electron chi connectivity index (χ3n) is 3.46. The van der Waals surface area contributed by atoms with Crippen LogP contribution in [0.15, 0.2) is 66.0 Å². The van der Waals surface area contributed by atoms with Crippen molar-refractivity contribution in [1.29, 1.82) is 0 Å². The van der Waals surface area contributed by atoms with E-state index in [9.17, 15) is 4.79 Å². The summed E-state index contributed by atoms with van der Waals surface area (Å²) in [5.74, 6) is -0.119. The molecular formula is C19H17NO2S. The summed E-state index contributed by atoms with van der Waals surface area (Å²) in [7, 11) is 1.64. The first-order valence-electron chi connectivity index (χ1n) is 7.30. The van der Waals surface area contributed by atoms with E-state index in [0.29, 0.717) is 12.2 Å². The van der Waals surface area contributed by atoms with Crippen LogP contribution >= 0.6 is 11.3 Å². The summed E-state index contributed by atoms with van der Waals surface area (Å²) < 4.78 is 5.12. The van der Waals surface area contributed by atoms with Crippen LogP contribution in [0.25, 0.3) is 10.4 Å². The number of carbonyl (C=O) groups is 1. The molecule has 0 aliphatic rings. The number of ether oxygens (including phenoxy) is 1. The molecule has 4 heteroatoms. The van der Waals surface area contributed by atoms with Crippen LogP contribution in [0.4, 0.5) is 5.69 Å². The summed E-state index contributed by atoms with van der Waals surface area (Å²) in [4.78, 5) is 13.7. The molecule has 3 aromatic rings. The van der Waals surface area contributed by atoms with E-state index in [1.807, 2.05) is 60.0 Å². The molecule has 0 atom stereocenters. The van der Waals surface area contributed by atoms with Gasteiger partial charge in [-0.1, -0.05) is 36.4 Å². The Bertz CT molecular complexity index is 797. The van der Waals surface area contributed by atoms with Gasteiger partial charge < -0.3 is 10.1 Å². The van der Waals surface area contributed by atoms with Crippen LogP contribution in [0.3, 0.4) is 0 Å². The van der Waals surface area contributed by atoms with Crippen molar-refractivity contribution in [3.05, 3.63) is 77.2 Å². The van der Waals surface area contributed by atoms with Crippen molar-refractivity contribution in [2.24, 2.45) is 0 Å². The van der Waals surface area contributed by atoms with Crippen LogP contribution in [-0.2, 0) is 11.3 Å². The highest BCUT2D eigenvalue weighted by Crippen LogP contribution is 2.31. The first-order valence-corrected chi connectivity index (χ1v) is 8.18. The Morgan fingerprint density at radius 3 is 2.74 bits per heavy atom. The number of amides is 1. The predicted octanol–water partition coefficient (Wildman–Crippen LogP) is 4.81. The number of methoxy groups -OCH3 is 1. The zero-order valence-electron chi connectivity index (χ0n) is 12.8. The number of benzene rings is 2.